The number of aromatic amines is 1. The van der Waals surface area contributed by atoms with Crippen LogP contribution in [-0.4, -0.2) is 71.5 Å². The number of aromatic nitrogens is 4. The Balaban J connectivity index is 1.15. The van der Waals surface area contributed by atoms with E-state index >= 15 is 0 Å². The van der Waals surface area contributed by atoms with Crippen LogP contribution in [0, 0.1) is 0 Å². The fourth-order valence-corrected chi connectivity index (χ4v) is 7.69. The van der Waals surface area contributed by atoms with Crippen LogP contribution in [0.2, 0.25) is 5.02 Å². The summed E-state index contributed by atoms with van der Waals surface area (Å²) in [4.78, 5) is 23.9. The summed E-state index contributed by atoms with van der Waals surface area (Å²) >= 11 is 6.81. The molecule has 7 rings (SSSR count). The number of likely N-dealkylation sites (tertiary alicyclic amines) is 1. The van der Waals surface area contributed by atoms with Gasteiger partial charge in [-0.1, -0.05) is 41.9 Å². The highest BCUT2D eigenvalue weighted by Gasteiger charge is 2.28. The molecule has 0 spiro atoms. The van der Waals surface area contributed by atoms with Crippen LogP contribution in [0.4, 0.5) is 0 Å². The van der Waals surface area contributed by atoms with Gasteiger partial charge in [0.25, 0.3) is 5.91 Å². The fourth-order valence-electron chi connectivity index (χ4n) is 6.80. The number of hydrogen-bond donors (Lipinski definition) is 2. The van der Waals surface area contributed by atoms with Crippen LogP contribution in [0.5, 0.6) is 0 Å². The molecule has 11 heteroatoms. The molecule has 2 aliphatic heterocycles. The van der Waals surface area contributed by atoms with Gasteiger partial charge in [0.1, 0.15) is 5.82 Å². The molecule has 2 N–H and O–H groups in total. The lowest BCUT2D eigenvalue weighted by atomic mass is 9.97. The molecule has 5 aromatic rings. The molecular formula is C36H40ClN7O2S. The number of fused-ring (bicyclic) bond motifs is 2. The van der Waals surface area contributed by atoms with Crippen molar-refractivity contribution in [2.45, 2.75) is 51.7 Å². The SMILES string of the molecule is CC(NC(=O)c1cccc(-c2cc(-c3nn(CCCN4CCCC4)c4c3CN(S(C)=O)CC4)ccc2Cl)c1)c1nc2ccccc2[nH]1. The van der Waals surface area contributed by atoms with E-state index in [1.54, 1.807) is 6.26 Å². The summed E-state index contributed by atoms with van der Waals surface area (Å²) in [6, 6.07) is 21.0. The molecule has 2 aliphatic rings. The van der Waals surface area contributed by atoms with Gasteiger partial charge in [0.2, 0.25) is 0 Å². The Morgan fingerprint density at radius 2 is 1.85 bits per heavy atom. The summed E-state index contributed by atoms with van der Waals surface area (Å²) in [5, 5.41) is 8.84. The van der Waals surface area contributed by atoms with Crippen molar-refractivity contribution in [2.75, 3.05) is 32.4 Å². The van der Waals surface area contributed by atoms with Gasteiger partial charge in [-0.05, 0) is 87.8 Å². The lowest BCUT2D eigenvalue weighted by Gasteiger charge is -2.25. The van der Waals surface area contributed by atoms with Crippen molar-refractivity contribution < 1.29 is 9.00 Å². The molecule has 4 heterocycles. The van der Waals surface area contributed by atoms with Crippen molar-refractivity contribution in [1.82, 2.24) is 34.3 Å². The number of H-pyrrole nitrogens is 1. The molecule has 9 nitrogen and oxygen atoms in total. The van der Waals surface area contributed by atoms with Crippen LogP contribution >= 0.6 is 11.6 Å². The van der Waals surface area contributed by atoms with E-state index in [-0.39, 0.29) is 11.9 Å². The zero-order valence-electron chi connectivity index (χ0n) is 26.8. The summed E-state index contributed by atoms with van der Waals surface area (Å²) < 4.78 is 16.7. The van der Waals surface area contributed by atoms with Crippen molar-refractivity contribution in [3.05, 3.63) is 94.4 Å². The summed E-state index contributed by atoms with van der Waals surface area (Å²) in [6.45, 7) is 7.59. The molecule has 0 saturated carbocycles. The Labute approximate surface area is 282 Å². The lowest BCUT2D eigenvalue weighted by molar-refractivity contribution is 0.0938. The minimum atomic E-state index is -1.06. The van der Waals surface area contributed by atoms with Crippen LogP contribution in [0.15, 0.2) is 66.7 Å². The first kappa shape index (κ1) is 31.8. The van der Waals surface area contributed by atoms with Crippen molar-refractivity contribution in [2.24, 2.45) is 0 Å². The number of nitrogens with zero attached hydrogens (tertiary/aromatic N) is 5. The third kappa shape index (κ3) is 6.78. The van der Waals surface area contributed by atoms with Crippen LogP contribution < -0.4 is 5.32 Å². The van der Waals surface area contributed by atoms with Gasteiger partial charge in [-0.3, -0.25) is 9.48 Å². The Bertz CT molecular complexity index is 1910. The Kier molecular flexibility index (Phi) is 9.27. The number of hydrogen-bond acceptors (Lipinski definition) is 5. The van der Waals surface area contributed by atoms with E-state index in [0.29, 0.717) is 23.0 Å². The quantitative estimate of drug-likeness (QED) is 0.180. The smallest absolute Gasteiger partial charge is 0.251 e. The highest BCUT2D eigenvalue weighted by Crippen LogP contribution is 2.36. The van der Waals surface area contributed by atoms with Crippen molar-refractivity contribution >= 4 is 39.5 Å². The third-order valence-electron chi connectivity index (χ3n) is 9.35. The van der Waals surface area contributed by atoms with Gasteiger partial charge >= 0.3 is 0 Å². The molecular weight excluding hydrogens is 630 g/mol. The molecule has 47 heavy (non-hydrogen) atoms. The van der Waals surface area contributed by atoms with Crippen LogP contribution in [0.1, 0.15) is 59.7 Å². The maximum Gasteiger partial charge on any atom is 0.251 e. The third-order valence-corrected chi connectivity index (χ3v) is 10.7. The van der Waals surface area contributed by atoms with E-state index in [1.165, 1.54) is 31.6 Å². The van der Waals surface area contributed by atoms with Gasteiger partial charge in [-0.25, -0.2) is 13.5 Å². The molecule has 0 aliphatic carbocycles. The summed E-state index contributed by atoms with van der Waals surface area (Å²) in [7, 11) is -1.06. The molecule has 1 fully saturated rings. The second-order valence-electron chi connectivity index (χ2n) is 12.5. The molecule has 2 unspecified atom stereocenters. The maximum absolute atomic E-state index is 13.4. The number of carbonyl (C=O) groups excluding carboxylic acids is 1. The molecule has 1 amide bonds. The highest BCUT2D eigenvalue weighted by atomic mass is 35.5. The van der Waals surface area contributed by atoms with E-state index in [1.807, 2.05) is 71.9 Å². The van der Waals surface area contributed by atoms with Gasteiger partial charge in [0.15, 0.2) is 0 Å². The van der Waals surface area contributed by atoms with Crippen LogP contribution in [0.25, 0.3) is 33.4 Å². The zero-order chi connectivity index (χ0) is 32.5. The molecule has 244 valence electrons. The summed E-state index contributed by atoms with van der Waals surface area (Å²) in [6.07, 6.45) is 6.19. The first-order valence-corrected chi connectivity index (χ1v) is 18.3. The minimum Gasteiger partial charge on any atom is -0.342 e. The number of imidazole rings is 1. The van der Waals surface area contributed by atoms with Crippen molar-refractivity contribution in [1.29, 1.82) is 0 Å². The normalized spacial score (nSPS) is 16.7. The lowest BCUT2D eigenvalue weighted by Crippen LogP contribution is -2.32. The summed E-state index contributed by atoms with van der Waals surface area (Å²) in [5.74, 6) is 0.511. The topological polar surface area (TPSA) is 99.2 Å². The molecule has 3 aromatic carbocycles. The largest absolute Gasteiger partial charge is 0.342 e. The number of para-hydroxylation sites is 2. The average Bonchev–Trinajstić information content (AvgIpc) is 3.84. The Hall–Kier alpha value is -3.83. The first-order chi connectivity index (χ1) is 22.8. The molecule has 2 aromatic heterocycles. The van der Waals surface area contributed by atoms with Gasteiger partial charge in [0.05, 0.1) is 33.8 Å². The van der Waals surface area contributed by atoms with Gasteiger partial charge in [0, 0.05) is 65.3 Å². The monoisotopic (exact) mass is 669 g/mol. The van der Waals surface area contributed by atoms with E-state index in [2.05, 4.69) is 30.9 Å². The van der Waals surface area contributed by atoms with Crippen LogP contribution in [0.3, 0.4) is 0 Å². The molecule has 0 bridgehead atoms. The second-order valence-corrected chi connectivity index (χ2v) is 14.3. The van der Waals surface area contributed by atoms with E-state index in [0.717, 1.165) is 71.5 Å². The molecule has 0 radical (unpaired) electrons. The number of nitrogens with one attached hydrogen (secondary N) is 2. The van der Waals surface area contributed by atoms with E-state index in [9.17, 15) is 9.00 Å². The molecule has 1 saturated heterocycles. The van der Waals surface area contributed by atoms with E-state index in [4.69, 9.17) is 16.7 Å². The maximum atomic E-state index is 13.4. The first-order valence-electron chi connectivity index (χ1n) is 16.4. The average molecular weight is 670 g/mol. The number of amides is 1. The minimum absolute atomic E-state index is 0.193. The van der Waals surface area contributed by atoms with Gasteiger partial charge in [-0.2, -0.15) is 5.10 Å². The number of halogens is 1. The molecule has 2 atom stereocenters. The Morgan fingerprint density at radius 3 is 2.66 bits per heavy atom. The van der Waals surface area contributed by atoms with Gasteiger partial charge < -0.3 is 15.2 Å². The number of aryl methyl sites for hydroxylation is 1. The number of benzene rings is 3. The van der Waals surface area contributed by atoms with Crippen LogP contribution in [-0.2, 0) is 30.5 Å². The second kappa shape index (κ2) is 13.7. The van der Waals surface area contributed by atoms with Crippen molar-refractivity contribution in [3.8, 4) is 22.4 Å². The standard InChI is InChI=1S/C36H40ClN7O2S/c1-24(35-39-31-11-3-4-12-32(31)40-35)38-36(45)27-10-7-9-25(21-27)28-22-26(13-14-30(28)37)34-29-23-43(47(2)46)20-15-33(29)44(41-34)19-8-18-42-16-5-6-17-42/h3-4,7,9-14,21-22,24H,5-6,8,15-20,23H2,1-2H3,(H,38,45)(H,39,40). The predicted molar refractivity (Wildman–Crippen MR) is 189 cm³/mol. The van der Waals surface area contributed by atoms with E-state index < -0.39 is 11.0 Å². The Morgan fingerprint density at radius 1 is 1.02 bits per heavy atom. The zero-order valence-corrected chi connectivity index (χ0v) is 28.4. The summed E-state index contributed by atoms with van der Waals surface area (Å²) in [5.41, 5.74) is 8.23. The predicted octanol–water partition coefficient (Wildman–Crippen LogP) is 6.38. The number of carbonyl (C=O) groups is 1. The van der Waals surface area contributed by atoms with Crippen molar-refractivity contribution in [3.63, 3.8) is 0 Å². The highest BCUT2D eigenvalue weighted by molar-refractivity contribution is 7.81. The van der Waals surface area contributed by atoms with Gasteiger partial charge in [-0.15, -0.1) is 0 Å². The fraction of sp³-hybridized carbons (Fsp3) is 0.361. The number of rotatable bonds is 10.